The van der Waals surface area contributed by atoms with Crippen LogP contribution >= 0.6 is 0 Å². The van der Waals surface area contributed by atoms with Crippen molar-refractivity contribution < 1.29 is 17.6 Å². The normalized spacial score (nSPS) is 12.8. The van der Waals surface area contributed by atoms with E-state index in [0.717, 1.165) is 5.56 Å². The van der Waals surface area contributed by atoms with E-state index in [1.807, 2.05) is 6.92 Å². The van der Waals surface area contributed by atoms with Gasteiger partial charge >= 0.3 is 0 Å². The first-order valence-electron chi connectivity index (χ1n) is 7.97. The van der Waals surface area contributed by atoms with E-state index in [9.17, 15) is 17.6 Å². The predicted octanol–water partition coefficient (Wildman–Crippen LogP) is 2.41. The predicted molar refractivity (Wildman–Crippen MR) is 98.6 cm³/mol. The lowest BCUT2D eigenvalue weighted by Gasteiger charge is -2.24. The molecule has 1 atom stereocenters. The molecule has 26 heavy (non-hydrogen) atoms. The van der Waals surface area contributed by atoms with Crippen LogP contribution in [-0.4, -0.2) is 32.8 Å². The van der Waals surface area contributed by atoms with Gasteiger partial charge in [0.05, 0.1) is 11.4 Å². The van der Waals surface area contributed by atoms with Crippen LogP contribution in [0.5, 0.6) is 0 Å². The van der Waals surface area contributed by atoms with Gasteiger partial charge in [-0.25, -0.2) is 17.9 Å². The van der Waals surface area contributed by atoms with Crippen molar-refractivity contribution >= 4 is 21.6 Å². The number of benzene rings is 2. The number of carbonyl (C=O) groups excluding carboxylic acids is 1. The number of halogens is 1. The number of rotatable bonds is 6. The lowest BCUT2D eigenvalue weighted by molar-refractivity contribution is -0.117. The second kappa shape index (κ2) is 7.94. The molecule has 1 amide bonds. The van der Waals surface area contributed by atoms with Crippen molar-refractivity contribution in [2.24, 2.45) is 5.14 Å². The molecule has 0 fully saturated rings. The zero-order valence-electron chi connectivity index (χ0n) is 14.9. The fraction of sp³-hybridized carbons (Fsp3) is 0.278. The first kappa shape index (κ1) is 20.0. The number of nitrogens with two attached hydrogens (primary N) is 1. The lowest BCUT2D eigenvalue weighted by Crippen LogP contribution is -2.32. The summed E-state index contributed by atoms with van der Waals surface area (Å²) in [5.74, 6) is -0.650. The molecule has 0 bridgehead atoms. The SMILES string of the molecule is Cc1ccc(NC(=O)CN(C)C(C)c2ccc(S(N)(=O)=O)cc2)cc1F. The van der Waals surface area contributed by atoms with Crippen molar-refractivity contribution in [3.8, 4) is 0 Å². The molecule has 3 N–H and O–H groups in total. The van der Waals surface area contributed by atoms with Gasteiger partial charge in [0.25, 0.3) is 0 Å². The molecule has 0 aliphatic rings. The molecule has 1 unspecified atom stereocenters. The zero-order valence-corrected chi connectivity index (χ0v) is 15.7. The Hall–Kier alpha value is -2.29. The van der Waals surface area contributed by atoms with Gasteiger partial charge in [-0.05, 0) is 56.3 Å². The average Bonchev–Trinajstić information content (AvgIpc) is 2.56. The Labute approximate surface area is 152 Å². The highest BCUT2D eigenvalue weighted by atomic mass is 32.2. The van der Waals surface area contributed by atoms with E-state index < -0.39 is 10.0 Å². The lowest BCUT2D eigenvalue weighted by atomic mass is 10.1. The highest BCUT2D eigenvalue weighted by Gasteiger charge is 2.16. The molecule has 0 spiro atoms. The van der Waals surface area contributed by atoms with Crippen molar-refractivity contribution in [3.63, 3.8) is 0 Å². The quantitative estimate of drug-likeness (QED) is 0.806. The minimum atomic E-state index is -3.73. The molecule has 2 aromatic rings. The van der Waals surface area contributed by atoms with Crippen LogP contribution in [0.15, 0.2) is 47.4 Å². The number of hydrogen-bond donors (Lipinski definition) is 2. The summed E-state index contributed by atoms with van der Waals surface area (Å²) in [6.45, 7) is 3.63. The maximum absolute atomic E-state index is 13.5. The Bertz CT molecular complexity index is 898. The first-order valence-corrected chi connectivity index (χ1v) is 9.51. The number of anilines is 1. The van der Waals surface area contributed by atoms with Crippen LogP contribution in [0.25, 0.3) is 0 Å². The molecule has 6 nitrogen and oxygen atoms in total. The van der Waals surface area contributed by atoms with Gasteiger partial charge in [0.15, 0.2) is 0 Å². The number of likely N-dealkylation sites (N-methyl/N-ethyl adjacent to an activating group) is 1. The maximum atomic E-state index is 13.5. The second-order valence-corrected chi connectivity index (χ2v) is 7.78. The molecule has 8 heteroatoms. The fourth-order valence-electron chi connectivity index (χ4n) is 2.43. The maximum Gasteiger partial charge on any atom is 0.238 e. The molecular formula is C18H22FN3O3S. The molecule has 0 heterocycles. The number of carbonyl (C=O) groups is 1. The highest BCUT2D eigenvalue weighted by molar-refractivity contribution is 7.89. The third-order valence-electron chi connectivity index (χ3n) is 4.20. The minimum absolute atomic E-state index is 0.0373. The van der Waals surface area contributed by atoms with Gasteiger partial charge in [0.2, 0.25) is 15.9 Å². The third kappa shape index (κ3) is 5.10. The summed E-state index contributed by atoms with van der Waals surface area (Å²) in [5.41, 5.74) is 1.75. The molecule has 0 aromatic heterocycles. The number of primary sulfonamides is 1. The van der Waals surface area contributed by atoms with Crippen LogP contribution in [0.3, 0.4) is 0 Å². The van der Waals surface area contributed by atoms with Gasteiger partial charge < -0.3 is 5.32 Å². The first-order chi connectivity index (χ1) is 12.1. The van der Waals surface area contributed by atoms with Gasteiger partial charge in [0.1, 0.15) is 5.82 Å². The molecule has 2 rings (SSSR count). The van der Waals surface area contributed by atoms with E-state index in [4.69, 9.17) is 5.14 Å². The van der Waals surface area contributed by atoms with E-state index in [1.54, 1.807) is 43.1 Å². The number of sulfonamides is 1. The number of nitrogens with zero attached hydrogens (tertiary/aromatic N) is 1. The topological polar surface area (TPSA) is 92.5 Å². The van der Waals surface area contributed by atoms with Gasteiger partial charge in [-0.3, -0.25) is 9.69 Å². The summed E-state index contributed by atoms with van der Waals surface area (Å²) in [5, 5.41) is 7.74. The Morgan fingerprint density at radius 1 is 1.23 bits per heavy atom. The standard InChI is InChI=1S/C18H22FN3O3S/c1-12-4-7-15(10-17(12)19)21-18(23)11-22(3)13(2)14-5-8-16(9-6-14)26(20,24)25/h4-10,13H,11H2,1-3H3,(H,21,23)(H2,20,24,25). The molecule has 0 aliphatic heterocycles. The van der Waals surface area contributed by atoms with Gasteiger partial charge in [-0.15, -0.1) is 0 Å². The summed E-state index contributed by atoms with van der Waals surface area (Å²) in [4.78, 5) is 14.0. The second-order valence-electron chi connectivity index (χ2n) is 6.22. The number of hydrogen-bond acceptors (Lipinski definition) is 4. The third-order valence-corrected chi connectivity index (χ3v) is 5.13. The van der Waals surface area contributed by atoms with Crippen molar-refractivity contribution in [2.75, 3.05) is 18.9 Å². The molecule has 0 aliphatic carbocycles. The van der Waals surface area contributed by atoms with Crippen molar-refractivity contribution in [2.45, 2.75) is 24.8 Å². The van der Waals surface area contributed by atoms with E-state index >= 15 is 0 Å². The number of aryl methyl sites for hydroxylation is 1. The van der Waals surface area contributed by atoms with E-state index in [2.05, 4.69) is 5.32 Å². The van der Waals surface area contributed by atoms with Crippen LogP contribution in [0.4, 0.5) is 10.1 Å². The molecule has 0 radical (unpaired) electrons. The summed E-state index contributed by atoms with van der Waals surface area (Å²) in [6.07, 6.45) is 0. The van der Waals surface area contributed by atoms with Gasteiger partial charge in [0, 0.05) is 11.7 Å². The van der Waals surface area contributed by atoms with Crippen LogP contribution in [0.2, 0.25) is 0 Å². The summed E-state index contributed by atoms with van der Waals surface area (Å²) in [7, 11) is -1.96. The molecule has 140 valence electrons. The van der Waals surface area contributed by atoms with Crippen LogP contribution in [0.1, 0.15) is 24.1 Å². The highest BCUT2D eigenvalue weighted by Crippen LogP contribution is 2.20. The number of nitrogens with one attached hydrogen (secondary N) is 1. The van der Waals surface area contributed by atoms with Crippen LogP contribution in [-0.2, 0) is 14.8 Å². The largest absolute Gasteiger partial charge is 0.325 e. The molecule has 0 saturated heterocycles. The average molecular weight is 379 g/mol. The summed E-state index contributed by atoms with van der Waals surface area (Å²) < 4.78 is 36.1. The van der Waals surface area contributed by atoms with Crippen LogP contribution < -0.4 is 10.5 Å². The minimum Gasteiger partial charge on any atom is -0.325 e. The van der Waals surface area contributed by atoms with Crippen molar-refractivity contribution in [1.82, 2.24) is 4.90 Å². The summed E-state index contributed by atoms with van der Waals surface area (Å²) in [6, 6.07) is 10.6. The number of amides is 1. The van der Waals surface area contributed by atoms with Crippen molar-refractivity contribution in [3.05, 3.63) is 59.4 Å². The van der Waals surface area contributed by atoms with Crippen molar-refractivity contribution in [1.29, 1.82) is 0 Å². The zero-order chi connectivity index (χ0) is 19.5. The van der Waals surface area contributed by atoms with E-state index in [-0.39, 0.29) is 29.2 Å². The monoisotopic (exact) mass is 379 g/mol. The molecular weight excluding hydrogens is 357 g/mol. The molecule has 0 saturated carbocycles. The molecule has 2 aromatic carbocycles. The summed E-state index contributed by atoms with van der Waals surface area (Å²) >= 11 is 0. The Balaban J connectivity index is 2.00. The van der Waals surface area contributed by atoms with E-state index in [1.165, 1.54) is 18.2 Å². The van der Waals surface area contributed by atoms with Gasteiger partial charge in [-0.2, -0.15) is 0 Å². The Morgan fingerprint density at radius 2 is 1.85 bits per heavy atom. The Morgan fingerprint density at radius 3 is 2.38 bits per heavy atom. The van der Waals surface area contributed by atoms with Gasteiger partial charge in [-0.1, -0.05) is 18.2 Å². The van der Waals surface area contributed by atoms with Crippen LogP contribution in [0, 0.1) is 12.7 Å². The smallest absolute Gasteiger partial charge is 0.238 e. The Kier molecular flexibility index (Phi) is 6.12. The fourth-order valence-corrected chi connectivity index (χ4v) is 2.94. The van der Waals surface area contributed by atoms with E-state index in [0.29, 0.717) is 11.3 Å².